The predicted octanol–water partition coefficient (Wildman–Crippen LogP) is 2.29. The van der Waals surface area contributed by atoms with E-state index in [1.54, 1.807) is 18.3 Å². The van der Waals surface area contributed by atoms with E-state index in [0.717, 1.165) is 4.88 Å². The summed E-state index contributed by atoms with van der Waals surface area (Å²) in [6.07, 6.45) is 2.24. The second-order valence-corrected chi connectivity index (χ2v) is 9.06. The monoisotopic (exact) mass is 395 g/mol. The van der Waals surface area contributed by atoms with E-state index < -0.39 is 10.0 Å². The van der Waals surface area contributed by atoms with E-state index in [-0.39, 0.29) is 10.8 Å². The van der Waals surface area contributed by atoms with Crippen molar-refractivity contribution in [3.8, 4) is 0 Å². The van der Waals surface area contributed by atoms with Crippen LogP contribution in [0.15, 0.2) is 29.3 Å². The number of carbonyl (C=O) groups is 1. The molecular weight excluding hydrogens is 374 g/mol. The van der Waals surface area contributed by atoms with E-state index >= 15 is 0 Å². The molecule has 1 saturated heterocycles. The number of rotatable bonds is 5. The van der Waals surface area contributed by atoms with Gasteiger partial charge in [0.25, 0.3) is 5.91 Å². The summed E-state index contributed by atoms with van der Waals surface area (Å²) in [7, 11) is -3.67. The highest BCUT2D eigenvalue weighted by molar-refractivity contribution is 7.89. The topological polar surface area (TPSA) is 88.6 Å². The molecule has 1 aromatic carbocycles. The number of sulfonamides is 1. The van der Waals surface area contributed by atoms with E-state index in [4.69, 9.17) is 4.74 Å². The highest BCUT2D eigenvalue weighted by Gasteiger charge is 2.29. The predicted molar refractivity (Wildman–Crippen MR) is 100 cm³/mol. The highest BCUT2D eigenvalue weighted by atomic mass is 32.2. The Morgan fingerprint density at radius 3 is 2.69 bits per heavy atom. The molecule has 2 heterocycles. The van der Waals surface area contributed by atoms with E-state index in [1.165, 1.54) is 21.7 Å². The average molecular weight is 396 g/mol. The molecule has 2 aromatic rings. The maximum absolute atomic E-state index is 13.0. The first-order valence-electron chi connectivity index (χ1n) is 8.36. The van der Waals surface area contributed by atoms with Crippen LogP contribution in [0.2, 0.25) is 0 Å². The largest absolute Gasteiger partial charge is 0.379 e. The average Bonchev–Trinajstić information content (AvgIpc) is 3.06. The smallest absolute Gasteiger partial charge is 0.257 e. The molecule has 0 bridgehead atoms. The van der Waals surface area contributed by atoms with Crippen LogP contribution in [0.3, 0.4) is 0 Å². The lowest BCUT2D eigenvalue weighted by Gasteiger charge is -2.27. The zero-order chi connectivity index (χ0) is 18.7. The van der Waals surface area contributed by atoms with Gasteiger partial charge < -0.3 is 4.74 Å². The first-order chi connectivity index (χ1) is 12.4. The maximum atomic E-state index is 13.0. The van der Waals surface area contributed by atoms with E-state index in [9.17, 15) is 13.2 Å². The van der Waals surface area contributed by atoms with Gasteiger partial charge in [-0.3, -0.25) is 10.1 Å². The van der Waals surface area contributed by atoms with Crippen LogP contribution in [0.25, 0.3) is 0 Å². The van der Waals surface area contributed by atoms with Crippen molar-refractivity contribution in [3.63, 3.8) is 0 Å². The van der Waals surface area contributed by atoms with Gasteiger partial charge in [0, 0.05) is 29.7 Å². The van der Waals surface area contributed by atoms with Gasteiger partial charge in [-0.15, -0.1) is 11.3 Å². The fraction of sp³-hybridized carbons (Fsp3) is 0.412. The molecule has 7 nitrogen and oxygen atoms in total. The van der Waals surface area contributed by atoms with Crippen LogP contribution in [-0.2, 0) is 21.2 Å². The number of benzene rings is 1. The van der Waals surface area contributed by atoms with Crippen molar-refractivity contribution in [3.05, 3.63) is 40.4 Å². The Morgan fingerprint density at radius 1 is 1.35 bits per heavy atom. The van der Waals surface area contributed by atoms with Crippen LogP contribution in [0.4, 0.5) is 5.13 Å². The number of nitrogens with one attached hydrogen (secondary N) is 1. The molecule has 3 rings (SSSR count). The van der Waals surface area contributed by atoms with Crippen LogP contribution >= 0.6 is 11.3 Å². The molecule has 0 radical (unpaired) electrons. The molecule has 1 fully saturated rings. The molecule has 0 aliphatic carbocycles. The third kappa shape index (κ3) is 3.96. The Hall–Kier alpha value is -1.81. The minimum atomic E-state index is -3.67. The zero-order valence-corrected chi connectivity index (χ0v) is 16.3. The van der Waals surface area contributed by atoms with Crippen molar-refractivity contribution in [2.75, 3.05) is 31.6 Å². The molecule has 0 atom stereocenters. The molecule has 1 aromatic heterocycles. The molecule has 0 spiro atoms. The molecular formula is C17H21N3O4S2. The number of anilines is 1. The molecule has 26 heavy (non-hydrogen) atoms. The fourth-order valence-corrected chi connectivity index (χ4v) is 5.12. The van der Waals surface area contributed by atoms with Gasteiger partial charge in [-0.1, -0.05) is 13.0 Å². The van der Waals surface area contributed by atoms with E-state index in [1.807, 2.05) is 13.8 Å². The van der Waals surface area contributed by atoms with Crippen molar-refractivity contribution in [1.82, 2.24) is 9.29 Å². The molecule has 0 saturated carbocycles. The number of nitrogens with zero attached hydrogens (tertiary/aromatic N) is 2. The second-order valence-electron chi connectivity index (χ2n) is 5.92. The number of thiazole rings is 1. The summed E-state index contributed by atoms with van der Waals surface area (Å²) < 4.78 is 32.7. The van der Waals surface area contributed by atoms with Gasteiger partial charge in [0.1, 0.15) is 0 Å². The normalized spacial score (nSPS) is 15.8. The fourth-order valence-electron chi connectivity index (χ4n) is 2.74. The van der Waals surface area contributed by atoms with Crippen LogP contribution in [0.1, 0.15) is 27.7 Å². The molecule has 140 valence electrons. The number of carbonyl (C=O) groups excluding carboxylic acids is 1. The van der Waals surface area contributed by atoms with Gasteiger partial charge in [0.2, 0.25) is 10.0 Å². The number of hydrogen-bond acceptors (Lipinski definition) is 6. The molecule has 1 aliphatic rings. The summed E-state index contributed by atoms with van der Waals surface area (Å²) in [5, 5.41) is 3.21. The minimum absolute atomic E-state index is 0.185. The van der Waals surface area contributed by atoms with Crippen LogP contribution in [0.5, 0.6) is 0 Å². The summed E-state index contributed by atoms with van der Waals surface area (Å²) in [6, 6.07) is 4.81. The minimum Gasteiger partial charge on any atom is -0.379 e. The lowest BCUT2D eigenvalue weighted by atomic mass is 10.1. The van der Waals surface area contributed by atoms with Crippen molar-refractivity contribution < 1.29 is 17.9 Å². The third-order valence-electron chi connectivity index (χ3n) is 4.14. The lowest BCUT2D eigenvalue weighted by molar-refractivity contribution is 0.0730. The van der Waals surface area contributed by atoms with Gasteiger partial charge in [-0.25, -0.2) is 13.4 Å². The Bertz CT molecular complexity index is 902. The van der Waals surface area contributed by atoms with Crippen molar-refractivity contribution >= 4 is 32.4 Å². The van der Waals surface area contributed by atoms with E-state index in [2.05, 4.69) is 10.3 Å². The number of ether oxygens (including phenoxy) is 1. The Morgan fingerprint density at radius 2 is 2.08 bits per heavy atom. The Balaban J connectivity index is 1.92. The Kier molecular flexibility index (Phi) is 5.71. The summed E-state index contributed by atoms with van der Waals surface area (Å²) >= 11 is 1.37. The number of amides is 1. The number of morpholine rings is 1. The number of aromatic nitrogens is 1. The Labute approximate surface area is 157 Å². The maximum Gasteiger partial charge on any atom is 0.257 e. The first-order valence-corrected chi connectivity index (χ1v) is 10.6. The molecule has 1 aliphatic heterocycles. The summed E-state index contributed by atoms with van der Waals surface area (Å²) in [4.78, 5) is 17.8. The van der Waals surface area contributed by atoms with Crippen LogP contribution in [-0.4, -0.2) is 49.9 Å². The standard InChI is InChI=1S/C17H21N3O4S2/c1-3-13-4-5-14(16(21)19-17-18-11-12(2)25-17)10-15(13)26(22,23)20-6-8-24-9-7-20/h4-5,10-11H,3,6-9H2,1-2H3,(H,18,19,21). The van der Waals surface area contributed by atoms with Gasteiger partial charge in [0.15, 0.2) is 5.13 Å². The summed E-state index contributed by atoms with van der Waals surface area (Å²) in [6.45, 7) is 5.19. The lowest BCUT2D eigenvalue weighted by Crippen LogP contribution is -2.41. The van der Waals surface area contributed by atoms with Crippen LogP contribution < -0.4 is 5.32 Å². The molecule has 9 heteroatoms. The van der Waals surface area contributed by atoms with E-state index in [0.29, 0.717) is 49.0 Å². The summed E-state index contributed by atoms with van der Waals surface area (Å²) in [5.41, 5.74) is 0.986. The number of hydrogen-bond donors (Lipinski definition) is 1. The van der Waals surface area contributed by atoms with Gasteiger partial charge in [0.05, 0.1) is 18.1 Å². The number of aryl methyl sites for hydroxylation is 2. The van der Waals surface area contributed by atoms with Crippen molar-refractivity contribution in [2.45, 2.75) is 25.2 Å². The van der Waals surface area contributed by atoms with Gasteiger partial charge in [-0.2, -0.15) is 4.31 Å². The zero-order valence-electron chi connectivity index (χ0n) is 14.7. The third-order valence-corrected chi connectivity index (χ3v) is 6.95. The van der Waals surface area contributed by atoms with Gasteiger partial charge in [-0.05, 0) is 31.0 Å². The molecule has 0 unspecified atom stereocenters. The van der Waals surface area contributed by atoms with Crippen molar-refractivity contribution in [1.29, 1.82) is 0 Å². The molecule has 1 amide bonds. The first kappa shape index (κ1) is 19.0. The molecule has 1 N–H and O–H groups in total. The van der Waals surface area contributed by atoms with Crippen molar-refractivity contribution in [2.24, 2.45) is 0 Å². The summed E-state index contributed by atoms with van der Waals surface area (Å²) in [5.74, 6) is -0.375. The second kappa shape index (κ2) is 7.83. The SMILES string of the molecule is CCc1ccc(C(=O)Nc2ncc(C)s2)cc1S(=O)(=O)N1CCOCC1. The highest BCUT2D eigenvalue weighted by Crippen LogP contribution is 2.24. The van der Waals surface area contributed by atoms with Crippen LogP contribution in [0, 0.1) is 6.92 Å². The van der Waals surface area contributed by atoms with Gasteiger partial charge >= 0.3 is 0 Å². The quantitative estimate of drug-likeness (QED) is 0.839.